The van der Waals surface area contributed by atoms with Crippen LogP contribution in [0.4, 0.5) is 5.69 Å². The Morgan fingerprint density at radius 1 is 0.944 bits per heavy atom. The zero-order chi connectivity index (χ0) is 26.7. The molecule has 3 aromatic carbocycles. The van der Waals surface area contributed by atoms with Gasteiger partial charge >= 0.3 is 0 Å². The molecule has 0 spiro atoms. The summed E-state index contributed by atoms with van der Waals surface area (Å²) >= 11 is 0. The lowest BCUT2D eigenvalue weighted by atomic mass is 10.1. The second-order valence-corrected chi connectivity index (χ2v) is 12.1. The SMILES string of the molecule is Cc1ccc(CN(C(=O)CN(c2cccc3ccccc23)S(C)(=O)=O)C(C)C(=O)NC(C)(C)C)cc1. The molecule has 192 valence electrons. The van der Waals surface area contributed by atoms with Crippen LogP contribution in [0, 0.1) is 6.92 Å². The van der Waals surface area contributed by atoms with Crippen LogP contribution in [0.25, 0.3) is 10.8 Å². The molecule has 1 N–H and O–H groups in total. The average Bonchev–Trinajstić information content (AvgIpc) is 2.79. The van der Waals surface area contributed by atoms with E-state index in [9.17, 15) is 18.0 Å². The highest BCUT2D eigenvalue weighted by atomic mass is 32.2. The van der Waals surface area contributed by atoms with Crippen molar-refractivity contribution in [3.05, 3.63) is 77.9 Å². The Morgan fingerprint density at radius 3 is 2.17 bits per heavy atom. The smallest absolute Gasteiger partial charge is 0.244 e. The van der Waals surface area contributed by atoms with E-state index >= 15 is 0 Å². The van der Waals surface area contributed by atoms with E-state index in [1.165, 1.54) is 4.90 Å². The zero-order valence-corrected chi connectivity index (χ0v) is 22.6. The summed E-state index contributed by atoms with van der Waals surface area (Å²) in [5.74, 6) is -0.774. The van der Waals surface area contributed by atoms with Crippen molar-refractivity contribution in [2.24, 2.45) is 0 Å². The number of hydrogen-bond acceptors (Lipinski definition) is 4. The molecular formula is C28H35N3O4S. The summed E-state index contributed by atoms with van der Waals surface area (Å²) < 4.78 is 26.9. The number of hydrogen-bond donors (Lipinski definition) is 1. The quantitative estimate of drug-likeness (QED) is 0.492. The summed E-state index contributed by atoms with van der Waals surface area (Å²) in [6.45, 7) is 8.99. The fourth-order valence-corrected chi connectivity index (χ4v) is 4.83. The van der Waals surface area contributed by atoms with Crippen molar-refractivity contribution in [1.29, 1.82) is 0 Å². The van der Waals surface area contributed by atoms with Crippen LogP contribution in [0.3, 0.4) is 0 Å². The maximum absolute atomic E-state index is 13.7. The Balaban J connectivity index is 1.99. The van der Waals surface area contributed by atoms with Crippen molar-refractivity contribution in [3.8, 4) is 0 Å². The van der Waals surface area contributed by atoms with E-state index < -0.39 is 34.1 Å². The molecule has 0 fully saturated rings. The number of aryl methyl sites for hydroxylation is 1. The lowest BCUT2D eigenvalue weighted by Crippen LogP contribution is -2.54. The minimum Gasteiger partial charge on any atom is -0.350 e. The molecule has 0 aliphatic rings. The molecule has 1 unspecified atom stereocenters. The number of benzene rings is 3. The molecule has 2 amide bonds. The van der Waals surface area contributed by atoms with E-state index in [4.69, 9.17) is 0 Å². The lowest BCUT2D eigenvalue weighted by Gasteiger charge is -2.33. The van der Waals surface area contributed by atoms with E-state index in [-0.39, 0.29) is 12.5 Å². The Bertz CT molecular complexity index is 1340. The van der Waals surface area contributed by atoms with Crippen LogP contribution in [0.1, 0.15) is 38.8 Å². The maximum atomic E-state index is 13.7. The van der Waals surface area contributed by atoms with Crippen molar-refractivity contribution in [1.82, 2.24) is 10.2 Å². The highest BCUT2D eigenvalue weighted by Gasteiger charge is 2.31. The van der Waals surface area contributed by atoms with E-state index in [0.29, 0.717) is 5.69 Å². The van der Waals surface area contributed by atoms with Crippen LogP contribution in [0.2, 0.25) is 0 Å². The highest BCUT2D eigenvalue weighted by molar-refractivity contribution is 7.92. The Labute approximate surface area is 214 Å². The molecule has 3 rings (SSSR count). The van der Waals surface area contributed by atoms with Gasteiger partial charge in [-0.2, -0.15) is 0 Å². The van der Waals surface area contributed by atoms with Crippen LogP contribution in [0.5, 0.6) is 0 Å². The first-order valence-electron chi connectivity index (χ1n) is 11.9. The second kappa shape index (κ2) is 10.7. The van der Waals surface area contributed by atoms with Gasteiger partial charge in [0.05, 0.1) is 11.9 Å². The normalized spacial score (nSPS) is 12.7. The third kappa shape index (κ3) is 6.85. The van der Waals surface area contributed by atoms with E-state index in [1.807, 2.05) is 82.3 Å². The van der Waals surface area contributed by atoms with Crippen molar-refractivity contribution < 1.29 is 18.0 Å². The van der Waals surface area contributed by atoms with Gasteiger partial charge in [-0.25, -0.2) is 8.42 Å². The molecule has 0 aliphatic heterocycles. The lowest BCUT2D eigenvalue weighted by molar-refractivity contribution is -0.140. The fraction of sp³-hybridized carbons (Fsp3) is 0.357. The molecule has 7 nitrogen and oxygen atoms in total. The van der Waals surface area contributed by atoms with Gasteiger partial charge in [0.25, 0.3) is 0 Å². The molecule has 0 aliphatic carbocycles. The molecule has 0 bridgehead atoms. The van der Waals surface area contributed by atoms with Gasteiger partial charge in [-0.05, 0) is 51.6 Å². The highest BCUT2D eigenvalue weighted by Crippen LogP contribution is 2.28. The average molecular weight is 510 g/mol. The molecule has 1 atom stereocenters. The summed E-state index contributed by atoms with van der Waals surface area (Å²) in [5, 5.41) is 4.51. The number of nitrogens with zero attached hydrogens (tertiary/aromatic N) is 2. The van der Waals surface area contributed by atoms with Crippen molar-refractivity contribution in [2.45, 2.75) is 52.7 Å². The van der Waals surface area contributed by atoms with Gasteiger partial charge in [0.1, 0.15) is 12.6 Å². The zero-order valence-electron chi connectivity index (χ0n) is 21.8. The van der Waals surface area contributed by atoms with Crippen molar-refractivity contribution in [3.63, 3.8) is 0 Å². The van der Waals surface area contributed by atoms with Crippen LogP contribution >= 0.6 is 0 Å². The third-order valence-electron chi connectivity index (χ3n) is 5.85. The van der Waals surface area contributed by atoms with Crippen LogP contribution in [-0.4, -0.2) is 49.5 Å². The standard InChI is InChI=1S/C28H35N3O4S/c1-20-14-16-22(17-15-20)18-30(21(2)27(33)29-28(3,4)5)26(32)19-31(36(6,34)35)25-13-9-11-23-10-7-8-12-24(23)25/h7-17,21H,18-19H2,1-6H3,(H,29,33). The van der Waals surface area contributed by atoms with Gasteiger partial charge in [0.15, 0.2) is 0 Å². The van der Waals surface area contributed by atoms with Gasteiger partial charge in [0, 0.05) is 17.5 Å². The van der Waals surface area contributed by atoms with Crippen LogP contribution in [-0.2, 0) is 26.2 Å². The first-order valence-corrected chi connectivity index (χ1v) is 13.7. The van der Waals surface area contributed by atoms with Gasteiger partial charge in [-0.3, -0.25) is 13.9 Å². The minimum atomic E-state index is -3.81. The van der Waals surface area contributed by atoms with Crippen molar-refractivity contribution >= 4 is 38.3 Å². The minimum absolute atomic E-state index is 0.172. The van der Waals surface area contributed by atoms with Crippen molar-refractivity contribution in [2.75, 3.05) is 17.1 Å². The number of nitrogens with one attached hydrogen (secondary N) is 1. The molecule has 0 heterocycles. The second-order valence-electron chi connectivity index (χ2n) is 10.2. The van der Waals surface area contributed by atoms with E-state index in [0.717, 1.165) is 32.5 Å². The number of amides is 2. The Hall–Kier alpha value is -3.39. The molecule has 0 aromatic heterocycles. The number of fused-ring (bicyclic) bond motifs is 1. The molecule has 0 radical (unpaired) electrons. The molecule has 0 saturated carbocycles. The van der Waals surface area contributed by atoms with Crippen LogP contribution in [0.15, 0.2) is 66.7 Å². The third-order valence-corrected chi connectivity index (χ3v) is 6.98. The van der Waals surface area contributed by atoms with Gasteiger partial charge in [-0.15, -0.1) is 0 Å². The maximum Gasteiger partial charge on any atom is 0.244 e. The number of carbonyl (C=O) groups excluding carboxylic acids is 2. The van der Waals surface area contributed by atoms with E-state index in [2.05, 4.69) is 5.32 Å². The topological polar surface area (TPSA) is 86.8 Å². The number of rotatable bonds is 8. The molecular weight excluding hydrogens is 474 g/mol. The van der Waals surface area contributed by atoms with Gasteiger partial charge in [0.2, 0.25) is 21.8 Å². The largest absolute Gasteiger partial charge is 0.350 e. The number of sulfonamides is 1. The summed E-state index contributed by atoms with van der Waals surface area (Å²) in [6, 6.07) is 19.7. The number of carbonyl (C=O) groups is 2. The van der Waals surface area contributed by atoms with E-state index in [1.54, 1.807) is 19.1 Å². The molecule has 3 aromatic rings. The summed E-state index contributed by atoms with van der Waals surface area (Å²) in [7, 11) is -3.81. The Morgan fingerprint density at radius 2 is 1.56 bits per heavy atom. The predicted octanol–water partition coefficient (Wildman–Crippen LogP) is 4.25. The number of anilines is 1. The van der Waals surface area contributed by atoms with Crippen LogP contribution < -0.4 is 9.62 Å². The Kier molecular flexibility index (Phi) is 8.09. The summed E-state index contributed by atoms with van der Waals surface area (Å²) in [5.41, 5.74) is 1.87. The molecule has 0 saturated heterocycles. The molecule has 8 heteroatoms. The van der Waals surface area contributed by atoms with Gasteiger partial charge < -0.3 is 10.2 Å². The summed E-state index contributed by atoms with van der Waals surface area (Å²) in [4.78, 5) is 28.2. The van der Waals surface area contributed by atoms with Gasteiger partial charge in [-0.1, -0.05) is 66.2 Å². The monoisotopic (exact) mass is 509 g/mol. The first-order chi connectivity index (χ1) is 16.8. The predicted molar refractivity (Wildman–Crippen MR) is 145 cm³/mol. The molecule has 36 heavy (non-hydrogen) atoms. The first kappa shape index (κ1) is 27.2. The summed E-state index contributed by atoms with van der Waals surface area (Å²) in [6.07, 6.45) is 1.09. The fourth-order valence-electron chi connectivity index (χ4n) is 3.97.